The van der Waals surface area contributed by atoms with Crippen LogP contribution < -0.4 is 27.4 Å². The van der Waals surface area contributed by atoms with Crippen LogP contribution in [0.1, 0.15) is 66.4 Å². The van der Waals surface area contributed by atoms with E-state index in [0.29, 0.717) is 11.3 Å². The highest BCUT2D eigenvalue weighted by atomic mass is 16.6. The number of nitrogens with one attached hydrogen (secondary N) is 3. The number of nitrogens with two attached hydrogens (primary N) is 2. The summed E-state index contributed by atoms with van der Waals surface area (Å²) in [5, 5.41) is 7.51. The first kappa shape index (κ1) is 36.5. The number of esters is 2. The minimum atomic E-state index is -1.51. The van der Waals surface area contributed by atoms with E-state index in [9.17, 15) is 28.8 Å². The zero-order valence-electron chi connectivity index (χ0n) is 26.7. The maximum atomic E-state index is 13.5. The first-order chi connectivity index (χ1) is 20.8. The predicted molar refractivity (Wildman–Crippen MR) is 164 cm³/mol. The Bertz CT molecular complexity index is 1270. The number of carbonyl (C=O) groups is 6. The van der Waals surface area contributed by atoms with E-state index in [4.69, 9.17) is 20.9 Å². The van der Waals surface area contributed by atoms with Crippen LogP contribution in [0.25, 0.3) is 0 Å². The van der Waals surface area contributed by atoms with Crippen LogP contribution in [-0.4, -0.2) is 89.0 Å². The molecular weight excluding hydrogens is 586 g/mol. The van der Waals surface area contributed by atoms with Crippen LogP contribution in [0, 0.1) is 0 Å². The van der Waals surface area contributed by atoms with Gasteiger partial charge < -0.3 is 36.9 Å². The molecule has 7 N–H and O–H groups in total. The highest BCUT2D eigenvalue weighted by Gasteiger charge is 2.39. The maximum absolute atomic E-state index is 13.5. The van der Waals surface area contributed by atoms with E-state index < -0.39 is 78.0 Å². The zero-order chi connectivity index (χ0) is 33.9. The van der Waals surface area contributed by atoms with Gasteiger partial charge in [0.2, 0.25) is 11.8 Å². The number of benzene rings is 1. The monoisotopic (exact) mass is 631 g/mol. The number of carbonyl (C=O) groups excluding carboxylic acids is 6. The summed E-state index contributed by atoms with van der Waals surface area (Å²) in [6, 6.07) is 4.56. The maximum Gasteiger partial charge on any atom is 0.329 e. The molecule has 1 fully saturated rings. The third kappa shape index (κ3) is 13.2. The van der Waals surface area contributed by atoms with Crippen LogP contribution >= 0.6 is 0 Å². The van der Waals surface area contributed by atoms with Gasteiger partial charge in [0.25, 0.3) is 5.91 Å². The largest absolute Gasteiger partial charge is 0.460 e. The first-order valence-electron chi connectivity index (χ1n) is 14.6. The zero-order valence-corrected chi connectivity index (χ0v) is 26.7. The SMILES string of the molecule is CC(C)(C)OC(=O)C[C@H](NC(=O)CN1C(=O)N[C@@H](CCCN=C(N)N)C1=O)C(=O)N[C@@H](Cc1ccccc1)C(=O)OC(C)(C)C. The van der Waals surface area contributed by atoms with E-state index >= 15 is 0 Å². The van der Waals surface area contributed by atoms with Crippen molar-refractivity contribution in [3.63, 3.8) is 0 Å². The normalized spacial score (nSPS) is 16.2. The standard InChI is InChI=1S/C30H45N7O8/c1-29(2,3)44-23(39)16-20(24(40)35-21(26(42)45-30(4,5)6)15-18-11-8-7-9-12-18)34-22(38)17-37-25(41)19(36-28(37)43)13-10-14-33-27(31)32/h7-9,11-12,19-21H,10,13-17H2,1-6H3,(H,34,38)(H,35,40)(H,36,43)(H4,31,32,33)/t19-,20-,21-/m0/s1. The van der Waals surface area contributed by atoms with E-state index in [-0.39, 0.29) is 25.3 Å². The van der Waals surface area contributed by atoms with Gasteiger partial charge in [-0.3, -0.25) is 29.1 Å². The second-order valence-electron chi connectivity index (χ2n) is 12.6. The van der Waals surface area contributed by atoms with Crippen LogP contribution in [-0.2, 0) is 39.9 Å². The van der Waals surface area contributed by atoms with Crippen molar-refractivity contribution in [3.05, 3.63) is 35.9 Å². The summed E-state index contributed by atoms with van der Waals surface area (Å²) in [4.78, 5) is 82.2. The van der Waals surface area contributed by atoms with Gasteiger partial charge in [-0.05, 0) is 59.9 Å². The van der Waals surface area contributed by atoms with Crippen LogP contribution in [0.5, 0.6) is 0 Å². The van der Waals surface area contributed by atoms with Gasteiger partial charge in [0.1, 0.15) is 35.9 Å². The van der Waals surface area contributed by atoms with Crippen LogP contribution in [0.2, 0.25) is 0 Å². The van der Waals surface area contributed by atoms with Crippen molar-refractivity contribution >= 4 is 41.7 Å². The Balaban J connectivity index is 2.20. The molecule has 1 aliphatic heterocycles. The Labute approximate surface area is 262 Å². The summed E-state index contributed by atoms with van der Waals surface area (Å²) in [5.74, 6) is -4.00. The summed E-state index contributed by atoms with van der Waals surface area (Å²) >= 11 is 0. The third-order valence-electron chi connectivity index (χ3n) is 6.09. The second-order valence-corrected chi connectivity index (χ2v) is 12.6. The molecule has 0 unspecified atom stereocenters. The summed E-state index contributed by atoms with van der Waals surface area (Å²) in [6.45, 7) is 9.50. The molecule has 0 bridgehead atoms. The molecule has 1 aliphatic rings. The molecule has 1 heterocycles. The fourth-order valence-corrected chi connectivity index (χ4v) is 4.26. The molecule has 3 atom stereocenters. The number of hydrogen-bond donors (Lipinski definition) is 5. The molecule has 248 valence electrons. The molecule has 1 aromatic rings. The average molecular weight is 632 g/mol. The van der Waals surface area contributed by atoms with Crippen LogP contribution in [0.4, 0.5) is 4.79 Å². The summed E-state index contributed by atoms with van der Waals surface area (Å²) in [5.41, 5.74) is 9.57. The molecule has 45 heavy (non-hydrogen) atoms. The number of nitrogens with zero attached hydrogens (tertiary/aromatic N) is 2. The Hall–Kier alpha value is -4.69. The Kier molecular flexibility index (Phi) is 12.9. The molecule has 0 spiro atoms. The lowest BCUT2D eigenvalue weighted by atomic mass is 10.0. The van der Waals surface area contributed by atoms with Crippen molar-refractivity contribution in [2.24, 2.45) is 16.5 Å². The Morgan fingerprint density at radius 2 is 1.58 bits per heavy atom. The molecular formula is C30H45N7O8. The van der Waals surface area contributed by atoms with Crippen molar-refractivity contribution in [2.75, 3.05) is 13.1 Å². The van der Waals surface area contributed by atoms with Crippen molar-refractivity contribution in [2.45, 2.75) is 96.6 Å². The van der Waals surface area contributed by atoms with Gasteiger partial charge in [0, 0.05) is 13.0 Å². The summed E-state index contributed by atoms with van der Waals surface area (Å²) < 4.78 is 10.9. The number of amides is 5. The van der Waals surface area contributed by atoms with Crippen LogP contribution in [0.3, 0.4) is 0 Å². The lowest BCUT2D eigenvalue weighted by molar-refractivity contribution is -0.159. The van der Waals surface area contributed by atoms with Gasteiger partial charge in [-0.2, -0.15) is 0 Å². The number of ether oxygens (including phenoxy) is 2. The second kappa shape index (κ2) is 15.9. The smallest absolute Gasteiger partial charge is 0.329 e. The molecule has 1 saturated heterocycles. The van der Waals surface area contributed by atoms with Gasteiger partial charge in [0.15, 0.2) is 5.96 Å². The molecule has 0 aliphatic carbocycles. The summed E-state index contributed by atoms with van der Waals surface area (Å²) in [6.07, 6.45) is 0.113. The van der Waals surface area contributed by atoms with Crippen molar-refractivity contribution < 1.29 is 38.2 Å². The first-order valence-corrected chi connectivity index (χ1v) is 14.6. The number of guanidine groups is 1. The molecule has 2 rings (SSSR count). The minimum Gasteiger partial charge on any atom is -0.460 e. The lowest BCUT2D eigenvalue weighted by Crippen LogP contribution is -2.55. The molecule has 15 heteroatoms. The van der Waals surface area contributed by atoms with E-state index in [0.717, 1.165) is 5.56 Å². The number of urea groups is 1. The van der Waals surface area contributed by atoms with Crippen molar-refractivity contribution in [1.82, 2.24) is 20.9 Å². The molecule has 0 saturated carbocycles. The van der Waals surface area contributed by atoms with Gasteiger partial charge in [0.05, 0.1) is 6.42 Å². The van der Waals surface area contributed by atoms with Gasteiger partial charge in [-0.1, -0.05) is 30.3 Å². The highest BCUT2D eigenvalue weighted by molar-refractivity contribution is 6.06. The molecule has 1 aromatic carbocycles. The number of aliphatic imine (C=N–C) groups is 1. The van der Waals surface area contributed by atoms with Gasteiger partial charge in [-0.15, -0.1) is 0 Å². The summed E-state index contributed by atoms with van der Waals surface area (Å²) in [7, 11) is 0. The number of imide groups is 1. The van der Waals surface area contributed by atoms with Gasteiger partial charge >= 0.3 is 18.0 Å². The quantitative estimate of drug-likeness (QED) is 0.0618. The Morgan fingerprint density at radius 3 is 2.16 bits per heavy atom. The number of hydrogen-bond acceptors (Lipinski definition) is 9. The molecule has 5 amide bonds. The molecule has 0 radical (unpaired) electrons. The predicted octanol–water partition coefficient (Wildman–Crippen LogP) is 0.246. The average Bonchev–Trinajstić information content (AvgIpc) is 3.16. The minimum absolute atomic E-state index is 0.0711. The van der Waals surface area contributed by atoms with E-state index in [1.807, 2.05) is 0 Å². The van der Waals surface area contributed by atoms with E-state index in [1.165, 1.54) is 0 Å². The fraction of sp³-hybridized carbons (Fsp3) is 0.567. The van der Waals surface area contributed by atoms with Crippen LogP contribution in [0.15, 0.2) is 35.3 Å². The third-order valence-corrected chi connectivity index (χ3v) is 6.09. The van der Waals surface area contributed by atoms with Crippen molar-refractivity contribution in [3.8, 4) is 0 Å². The fourth-order valence-electron chi connectivity index (χ4n) is 4.26. The Morgan fingerprint density at radius 1 is 0.956 bits per heavy atom. The highest BCUT2D eigenvalue weighted by Crippen LogP contribution is 2.14. The lowest BCUT2D eigenvalue weighted by Gasteiger charge is -2.27. The number of rotatable bonds is 14. The van der Waals surface area contributed by atoms with E-state index in [2.05, 4.69) is 20.9 Å². The van der Waals surface area contributed by atoms with E-state index in [1.54, 1.807) is 71.9 Å². The molecule has 15 nitrogen and oxygen atoms in total. The topological polar surface area (TPSA) is 225 Å². The van der Waals surface area contributed by atoms with Crippen molar-refractivity contribution in [1.29, 1.82) is 0 Å². The van der Waals surface area contributed by atoms with Gasteiger partial charge in [-0.25, -0.2) is 9.59 Å². The molecule has 0 aromatic heterocycles.